The predicted octanol–water partition coefficient (Wildman–Crippen LogP) is 2.28. The SMILES string of the molecule is Cc1cc(C)n2nc(SC[C@H](C#N)CCC#N)nc2n1. The van der Waals surface area contributed by atoms with Gasteiger partial charge in [-0.1, -0.05) is 11.8 Å². The first kappa shape index (κ1) is 14.3. The molecule has 0 aliphatic rings. The van der Waals surface area contributed by atoms with Crippen LogP contribution in [0.15, 0.2) is 11.2 Å². The first-order valence-electron chi connectivity index (χ1n) is 6.24. The van der Waals surface area contributed by atoms with Gasteiger partial charge < -0.3 is 0 Å². The highest BCUT2D eigenvalue weighted by molar-refractivity contribution is 7.99. The summed E-state index contributed by atoms with van der Waals surface area (Å²) in [5.74, 6) is 1.02. The molecule has 0 saturated carbocycles. The third-order valence-electron chi connectivity index (χ3n) is 2.80. The minimum Gasteiger partial charge on any atom is -0.216 e. The minimum absolute atomic E-state index is 0.151. The molecule has 0 aliphatic carbocycles. The van der Waals surface area contributed by atoms with Gasteiger partial charge in [-0.3, -0.25) is 0 Å². The van der Waals surface area contributed by atoms with E-state index in [9.17, 15) is 0 Å². The number of rotatable bonds is 5. The molecule has 102 valence electrons. The Morgan fingerprint density at radius 3 is 2.85 bits per heavy atom. The molecule has 0 amide bonds. The summed E-state index contributed by atoms with van der Waals surface area (Å²) in [6.07, 6.45) is 0.987. The number of hydrogen-bond acceptors (Lipinski definition) is 6. The Balaban J connectivity index is 2.09. The molecule has 0 radical (unpaired) electrons. The summed E-state index contributed by atoms with van der Waals surface area (Å²) >= 11 is 1.43. The Morgan fingerprint density at radius 2 is 2.15 bits per heavy atom. The molecule has 0 saturated heterocycles. The highest BCUT2D eigenvalue weighted by Crippen LogP contribution is 2.20. The van der Waals surface area contributed by atoms with E-state index in [4.69, 9.17) is 10.5 Å². The van der Waals surface area contributed by atoms with E-state index in [0.717, 1.165) is 11.4 Å². The molecule has 6 nitrogen and oxygen atoms in total. The maximum absolute atomic E-state index is 9.02. The van der Waals surface area contributed by atoms with Gasteiger partial charge in [0.05, 0.1) is 18.1 Å². The first-order chi connectivity index (χ1) is 9.63. The Hall–Kier alpha value is -2.12. The number of hydrogen-bond donors (Lipinski definition) is 0. The van der Waals surface area contributed by atoms with E-state index in [1.165, 1.54) is 11.8 Å². The van der Waals surface area contributed by atoms with Crippen LogP contribution >= 0.6 is 11.8 Å². The number of thioether (sulfide) groups is 1. The molecule has 20 heavy (non-hydrogen) atoms. The molecule has 2 aromatic heterocycles. The van der Waals surface area contributed by atoms with Crippen molar-refractivity contribution in [1.82, 2.24) is 19.6 Å². The molecular weight excluding hydrogens is 272 g/mol. The molecule has 1 atom stereocenters. The second-order valence-electron chi connectivity index (χ2n) is 4.48. The van der Waals surface area contributed by atoms with Crippen LogP contribution in [0.25, 0.3) is 5.78 Å². The van der Waals surface area contributed by atoms with Gasteiger partial charge in [0.1, 0.15) is 0 Å². The Kier molecular flexibility index (Phi) is 4.54. The topological polar surface area (TPSA) is 90.7 Å². The molecule has 0 fully saturated rings. The van der Waals surface area contributed by atoms with Crippen molar-refractivity contribution < 1.29 is 0 Å². The van der Waals surface area contributed by atoms with Crippen LogP contribution in [-0.4, -0.2) is 25.3 Å². The summed E-state index contributed by atoms with van der Waals surface area (Å²) in [6.45, 7) is 3.87. The fourth-order valence-corrected chi connectivity index (χ4v) is 2.69. The fourth-order valence-electron chi connectivity index (χ4n) is 1.81. The maximum Gasteiger partial charge on any atom is 0.253 e. The van der Waals surface area contributed by atoms with E-state index in [1.807, 2.05) is 19.9 Å². The summed E-state index contributed by atoms with van der Waals surface area (Å²) in [7, 11) is 0. The van der Waals surface area contributed by atoms with Crippen LogP contribution < -0.4 is 0 Å². The third kappa shape index (κ3) is 3.25. The average molecular weight is 286 g/mol. The lowest BCUT2D eigenvalue weighted by molar-refractivity contribution is 0.684. The molecule has 0 aliphatic heterocycles. The van der Waals surface area contributed by atoms with Crippen molar-refractivity contribution in [3.63, 3.8) is 0 Å². The van der Waals surface area contributed by atoms with E-state index < -0.39 is 0 Å². The lowest BCUT2D eigenvalue weighted by Crippen LogP contribution is -2.00. The summed E-state index contributed by atoms with van der Waals surface area (Å²) in [6, 6.07) is 6.22. The standard InChI is InChI=1S/C13H14N6S/c1-9-6-10(2)19-12(16-9)17-13(18-19)20-8-11(7-15)4-3-5-14/h6,11H,3-4,8H2,1-2H3/t11-/m0/s1. The summed E-state index contributed by atoms with van der Waals surface area (Å²) < 4.78 is 1.70. The molecule has 0 spiro atoms. The third-order valence-corrected chi connectivity index (χ3v) is 3.80. The molecule has 0 N–H and O–H groups in total. The van der Waals surface area contributed by atoms with Gasteiger partial charge in [-0.25, -0.2) is 9.50 Å². The smallest absolute Gasteiger partial charge is 0.216 e. The highest BCUT2D eigenvalue weighted by Gasteiger charge is 2.12. The summed E-state index contributed by atoms with van der Waals surface area (Å²) in [5, 5.41) is 22.6. The molecule has 7 heteroatoms. The monoisotopic (exact) mass is 286 g/mol. The van der Waals surface area contributed by atoms with Crippen molar-refractivity contribution in [1.29, 1.82) is 10.5 Å². The quantitative estimate of drug-likeness (QED) is 0.783. The van der Waals surface area contributed by atoms with Gasteiger partial charge in [0, 0.05) is 23.6 Å². The van der Waals surface area contributed by atoms with Crippen LogP contribution in [0.1, 0.15) is 24.2 Å². The lowest BCUT2D eigenvalue weighted by Gasteiger charge is -2.02. The predicted molar refractivity (Wildman–Crippen MR) is 74.9 cm³/mol. The maximum atomic E-state index is 9.02. The van der Waals surface area contributed by atoms with Gasteiger partial charge in [0.15, 0.2) is 0 Å². The van der Waals surface area contributed by atoms with Crippen LogP contribution in [0, 0.1) is 42.4 Å². The largest absolute Gasteiger partial charge is 0.253 e. The van der Waals surface area contributed by atoms with Crippen LogP contribution in [0.5, 0.6) is 0 Å². The Morgan fingerprint density at radius 1 is 1.35 bits per heavy atom. The molecular formula is C13H14N6S. The Bertz CT molecular complexity index is 693. The second kappa shape index (κ2) is 6.36. The van der Waals surface area contributed by atoms with Crippen molar-refractivity contribution in [2.75, 3.05) is 5.75 Å². The number of fused-ring (bicyclic) bond motifs is 1. The number of aryl methyl sites for hydroxylation is 2. The Labute approximate surface area is 121 Å². The second-order valence-corrected chi connectivity index (χ2v) is 5.47. The van der Waals surface area contributed by atoms with E-state index in [2.05, 4.69) is 27.2 Å². The van der Waals surface area contributed by atoms with E-state index >= 15 is 0 Å². The minimum atomic E-state index is -0.151. The zero-order chi connectivity index (χ0) is 14.5. The van der Waals surface area contributed by atoms with Crippen molar-refractivity contribution in [3.05, 3.63) is 17.5 Å². The number of nitriles is 2. The molecule has 0 aromatic carbocycles. The normalized spacial score (nSPS) is 12.0. The van der Waals surface area contributed by atoms with Crippen LogP contribution in [0.2, 0.25) is 0 Å². The lowest BCUT2D eigenvalue weighted by atomic mass is 10.1. The van der Waals surface area contributed by atoms with Crippen molar-refractivity contribution in [2.45, 2.75) is 31.8 Å². The summed E-state index contributed by atoms with van der Waals surface area (Å²) in [4.78, 5) is 8.67. The average Bonchev–Trinajstić information content (AvgIpc) is 2.82. The van der Waals surface area contributed by atoms with Gasteiger partial charge in [-0.05, 0) is 26.3 Å². The molecule has 2 aromatic rings. The van der Waals surface area contributed by atoms with Gasteiger partial charge in [-0.2, -0.15) is 15.5 Å². The van der Waals surface area contributed by atoms with Crippen LogP contribution in [0.4, 0.5) is 0 Å². The van der Waals surface area contributed by atoms with Gasteiger partial charge in [0.25, 0.3) is 5.78 Å². The first-order valence-corrected chi connectivity index (χ1v) is 7.23. The highest BCUT2D eigenvalue weighted by atomic mass is 32.2. The van der Waals surface area contributed by atoms with Crippen molar-refractivity contribution in [2.24, 2.45) is 5.92 Å². The van der Waals surface area contributed by atoms with Crippen molar-refractivity contribution >= 4 is 17.5 Å². The number of nitrogens with zero attached hydrogens (tertiary/aromatic N) is 6. The summed E-state index contributed by atoms with van der Waals surface area (Å²) in [5.41, 5.74) is 1.89. The zero-order valence-electron chi connectivity index (χ0n) is 11.4. The van der Waals surface area contributed by atoms with Gasteiger partial charge in [-0.15, -0.1) is 5.10 Å². The zero-order valence-corrected chi connectivity index (χ0v) is 12.2. The van der Waals surface area contributed by atoms with Crippen LogP contribution in [0.3, 0.4) is 0 Å². The van der Waals surface area contributed by atoms with E-state index in [1.54, 1.807) is 4.52 Å². The van der Waals surface area contributed by atoms with Crippen molar-refractivity contribution in [3.8, 4) is 12.1 Å². The van der Waals surface area contributed by atoms with Gasteiger partial charge in [0.2, 0.25) is 5.16 Å². The van der Waals surface area contributed by atoms with Crippen LogP contribution in [-0.2, 0) is 0 Å². The molecule has 0 unspecified atom stereocenters. The molecule has 2 heterocycles. The van der Waals surface area contributed by atoms with E-state index in [-0.39, 0.29) is 5.92 Å². The van der Waals surface area contributed by atoms with E-state index in [0.29, 0.717) is 29.5 Å². The molecule has 2 rings (SSSR count). The molecule has 0 bridgehead atoms. The number of aromatic nitrogens is 4. The van der Waals surface area contributed by atoms with Gasteiger partial charge >= 0.3 is 0 Å². The fraction of sp³-hybridized carbons (Fsp3) is 0.462.